The molecular weight excluding hydrogens is 302 g/mol. The molecule has 3 N–H and O–H groups in total. The van der Waals surface area contributed by atoms with Gasteiger partial charge >= 0.3 is 5.97 Å². The summed E-state index contributed by atoms with van der Waals surface area (Å²) in [6.45, 7) is 2.01. The van der Waals surface area contributed by atoms with Crippen LogP contribution in [-0.2, 0) is 6.42 Å². The summed E-state index contributed by atoms with van der Waals surface area (Å²) in [7, 11) is 0. The number of carboxylic acids is 1. The van der Waals surface area contributed by atoms with E-state index >= 15 is 0 Å². The maximum Gasteiger partial charge on any atom is 0.345 e. The standard InChI is InChI=1S/C16H13NO6/c1-6-2-7-3-9-10(23-5-22-9)4-8(7)13-11(6)14(18)12(16(20)21)15(19)17-13/h3-4,6H,2,5H2,1H3,(H,20,21)(H2,17,18,19). The van der Waals surface area contributed by atoms with Crippen molar-refractivity contribution in [3.05, 3.63) is 39.2 Å². The Morgan fingerprint density at radius 3 is 2.70 bits per heavy atom. The van der Waals surface area contributed by atoms with E-state index in [9.17, 15) is 14.7 Å². The SMILES string of the molecule is CC1Cc2cc3c(cc2-c2[nH]c(=O)c(C(=O)O)c(O)c21)OCO3. The van der Waals surface area contributed by atoms with Gasteiger partial charge < -0.3 is 24.7 Å². The molecule has 7 nitrogen and oxygen atoms in total. The van der Waals surface area contributed by atoms with Crippen LogP contribution >= 0.6 is 0 Å². The lowest BCUT2D eigenvalue weighted by Gasteiger charge is -2.26. The number of hydrogen-bond acceptors (Lipinski definition) is 5. The van der Waals surface area contributed by atoms with Crippen molar-refractivity contribution in [2.45, 2.75) is 19.3 Å². The highest BCUT2D eigenvalue weighted by atomic mass is 16.7. The molecule has 0 amide bonds. The number of rotatable bonds is 1. The quantitative estimate of drug-likeness (QED) is 0.741. The summed E-state index contributed by atoms with van der Waals surface area (Å²) in [5, 5.41) is 19.5. The number of H-pyrrole nitrogens is 1. The van der Waals surface area contributed by atoms with E-state index in [1.165, 1.54) is 0 Å². The molecule has 2 heterocycles. The van der Waals surface area contributed by atoms with Gasteiger partial charge in [0.15, 0.2) is 17.1 Å². The summed E-state index contributed by atoms with van der Waals surface area (Å²) >= 11 is 0. The van der Waals surface area contributed by atoms with Crippen LogP contribution < -0.4 is 15.0 Å². The van der Waals surface area contributed by atoms with Crippen LogP contribution in [0.5, 0.6) is 17.2 Å². The van der Waals surface area contributed by atoms with Crippen molar-refractivity contribution in [1.29, 1.82) is 0 Å². The van der Waals surface area contributed by atoms with Crippen LogP contribution in [0.4, 0.5) is 0 Å². The molecule has 1 unspecified atom stereocenters. The van der Waals surface area contributed by atoms with Gasteiger partial charge in [-0.25, -0.2) is 4.79 Å². The molecule has 1 aromatic carbocycles. The number of fused-ring (bicyclic) bond motifs is 4. The zero-order valence-corrected chi connectivity index (χ0v) is 12.2. The molecule has 1 aromatic heterocycles. The first kappa shape index (κ1) is 13.7. The molecule has 1 atom stereocenters. The topological polar surface area (TPSA) is 109 Å². The van der Waals surface area contributed by atoms with Gasteiger partial charge in [-0.1, -0.05) is 6.92 Å². The van der Waals surface area contributed by atoms with E-state index in [-0.39, 0.29) is 12.7 Å². The first-order valence-corrected chi connectivity index (χ1v) is 7.12. The number of carbonyl (C=O) groups is 1. The summed E-state index contributed by atoms with van der Waals surface area (Å²) in [6, 6.07) is 3.61. The molecule has 118 valence electrons. The van der Waals surface area contributed by atoms with Gasteiger partial charge in [0.05, 0.1) is 5.69 Å². The van der Waals surface area contributed by atoms with Gasteiger partial charge in [0, 0.05) is 11.1 Å². The van der Waals surface area contributed by atoms with Crippen LogP contribution in [0, 0.1) is 0 Å². The lowest BCUT2D eigenvalue weighted by molar-refractivity contribution is 0.0691. The molecule has 0 saturated heterocycles. The second kappa shape index (κ2) is 4.52. The third kappa shape index (κ3) is 1.82. The van der Waals surface area contributed by atoms with Crippen molar-refractivity contribution >= 4 is 5.97 Å². The predicted molar refractivity (Wildman–Crippen MR) is 79.4 cm³/mol. The van der Waals surface area contributed by atoms with E-state index in [0.29, 0.717) is 34.7 Å². The number of aromatic carboxylic acids is 1. The molecule has 7 heteroatoms. The molecule has 23 heavy (non-hydrogen) atoms. The molecule has 0 saturated carbocycles. The monoisotopic (exact) mass is 315 g/mol. The van der Waals surface area contributed by atoms with Crippen LogP contribution in [-0.4, -0.2) is 28.0 Å². The number of benzene rings is 1. The Morgan fingerprint density at radius 1 is 1.30 bits per heavy atom. The number of aromatic nitrogens is 1. The van der Waals surface area contributed by atoms with Gasteiger partial charge in [-0.15, -0.1) is 0 Å². The number of pyridine rings is 1. The summed E-state index contributed by atoms with van der Waals surface area (Å²) in [4.78, 5) is 25.9. The Bertz CT molecular complexity index is 914. The zero-order chi connectivity index (χ0) is 16.3. The van der Waals surface area contributed by atoms with Gasteiger partial charge in [-0.2, -0.15) is 0 Å². The maximum absolute atomic E-state index is 12.1. The fraction of sp³-hybridized carbons (Fsp3) is 0.250. The first-order valence-electron chi connectivity index (χ1n) is 7.12. The van der Waals surface area contributed by atoms with E-state index in [2.05, 4.69) is 4.98 Å². The summed E-state index contributed by atoms with van der Waals surface area (Å²) in [5.41, 5.74) is 1.09. The Labute approximate surface area is 130 Å². The Hall–Kier alpha value is -2.96. The highest BCUT2D eigenvalue weighted by molar-refractivity contribution is 5.92. The van der Waals surface area contributed by atoms with Crippen LogP contribution in [0.3, 0.4) is 0 Å². The van der Waals surface area contributed by atoms with Gasteiger partial charge in [0.25, 0.3) is 5.56 Å². The van der Waals surface area contributed by atoms with E-state index in [0.717, 1.165) is 5.56 Å². The lowest BCUT2D eigenvalue weighted by Crippen LogP contribution is -2.23. The zero-order valence-electron chi connectivity index (χ0n) is 12.2. The highest BCUT2D eigenvalue weighted by Crippen LogP contribution is 2.47. The molecule has 1 aliphatic heterocycles. The summed E-state index contributed by atoms with van der Waals surface area (Å²) < 4.78 is 10.7. The lowest BCUT2D eigenvalue weighted by atomic mass is 9.81. The molecule has 0 spiro atoms. The van der Waals surface area contributed by atoms with E-state index in [1.54, 1.807) is 6.07 Å². The van der Waals surface area contributed by atoms with Gasteiger partial charge in [-0.05, 0) is 30.0 Å². The summed E-state index contributed by atoms with van der Waals surface area (Å²) in [5.74, 6) is -0.852. The predicted octanol–water partition coefficient (Wildman–Crippen LogP) is 1.83. The van der Waals surface area contributed by atoms with Crippen LogP contribution in [0.15, 0.2) is 16.9 Å². The van der Waals surface area contributed by atoms with E-state index < -0.39 is 22.8 Å². The van der Waals surface area contributed by atoms with Crippen molar-refractivity contribution in [2.24, 2.45) is 0 Å². The van der Waals surface area contributed by atoms with Crippen LogP contribution in [0.25, 0.3) is 11.3 Å². The fourth-order valence-electron chi connectivity index (χ4n) is 3.31. The second-order valence-electron chi connectivity index (χ2n) is 5.74. The van der Waals surface area contributed by atoms with E-state index in [4.69, 9.17) is 14.6 Å². The minimum Gasteiger partial charge on any atom is -0.506 e. The van der Waals surface area contributed by atoms with Crippen molar-refractivity contribution in [3.8, 4) is 28.5 Å². The largest absolute Gasteiger partial charge is 0.506 e. The molecular formula is C16H13NO6. The number of aromatic amines is 1. The van der Waals surface area contributed by atoms with Crippen molar-refractivity contribution < 1.29 is 24.5 Å². The fourth-order valence-corrected chi connectivity index (χ4v) is 3.31. The van der Waals surface area contributed by atoms with Gasteiger partial charge in [0.1, 0.15) is 5.75 Å². The third-order valence-electron chi connectivity index (χ3n) is 4.33. The van der Waals surface area contributed by atoms with Gasteiger partial charge in [0.2, 0.25) is 6.79 Å². The van der Waals surface area contributed by atoms with Crippen molar-refractivity contribution in [3.63, 3.8) is 0 Å². The number of aromatic hydroxyl groups is 1. The number of ether oxygens (including phenoxy) is 2. The van der Waals surface area contributed by atoms with Crippen molar-refractivity contribution in [2.75, 3.05) is 6.79 Å². The summed E-state index contributed by atoms with van der Waals surface area (Å²) in [6.07, 6.45) is 0.595. The molecule has 0 radical (unpaired) electrons. The maximum atomic E-state index is 12.1. The smallest absolute Gasteiger partial charge is 0.345 e. The average Bonchev–Trinajstić information content (AvgIpc) is 2.91. The first-order chi connectivity index (χ1) is 11.0. The Kier molecular flexibility index (Phi) is 2.69. The minimum absolute atomic E-state index is 0.139. The molecule has 2 aliphatic rings. The van der Waals surface area contributed by atoms with Crippen molar-refractivity contribution in [1.82, 2.24) is 4.98 Å². The minimum atomic E-state index is -1.45. The Morgan fingerprint density at radius 2 is 2.00 bits per heavy atom. The normalized spacial score (nSPS) is 17.5. The highest BCUT2D eigenvalue weighted by Gasteiger charge is 2.32. The number of hydrogen-bond donors (Lipinski definition) is 3. The third-order valence-corrected chi connectivity index (χ3v) is 4.33. The Balaban J connectivity index is 2.03. The van der Waals surface area contributed by atoms with Crippen LogP contribution in [0.2, 0.25) is 0 Å². The second-order valence-corrected chi connectivity index (χ2v) is 5.74. The molecule has 4 rings (SSSR count). The molecule has 1 aliphatic carbocycles. The number of carboxylic acid groups (broad SMARTS) is 1. The van der Waals surface area contributed by atoms with E-state index in [1.807, 2.05) is 13.0 Å². The number of nitrogens with one attached hydrogen (secondary N) is 1. The molecule has 0 fully saturated rings. The molecule has 0 bridgehead atoms. The average molecular weight is 315 g/mol. The molecule has 2 aromatic rings. The van der Waals surface area contributed by atoms with Crippen LogP contribution in [0.1, 0.15) is 34.3 Å². The van der Waals surface area contributed by atoms with Gasteiger partial charge in [-0.3, -0.25) is 4.79 Å².